The Bertz CT molecular complexity index is 594. The van der Waals surface area contributed by atoms with Gasteiger partial charge < -0.3 is 9.84 Å². The second-order valence-electron chi connectivity index (χ2n) is 4.53. The summed E-state index contributed by atoms with van der Waals surface area (Å²) in [6, 6.07) is 8.75. The number of benzene rings is 2. The van der Waals surface area contributed by atoms with Gasteiger partial charge >= 0.3 is 0 Å². The predicted octanol–water partition coefficient (Wildman–Crippen LogP) is 3.75. The van der Waals surface area contributed by atoms with E-state index in [0.29, 0.717) is 17.9 Å². The van der Waals surface area contributed by atoms with Crippen LogP contribution in [0.3, 0.4) is 0 Å². The summed E-state index contributed by atoms with van der Waals surface area (Å²) < 4.78 is 32.6. The normalized spacial score (nSPS) is 12.2. The molecule has 0 bridgehead atoms. The molecule has 0 saturated heterocycles. The third kappa shape index (κ3) is 2.96. The minimum absolute atomic E-state index is 0.0720. The molecule has 2 rings (SSSR count). The molecular formula is C16H16F2O2. The van der Waals surface area contributed by atoms with Crippen molar-refractivity contribution in [1.29, 1.82) is 0 Å². The fourth-order valence-electron chi connectivity index (χ4n) is 1.96. The minimum Gasteiger partial charge on any atom is -0.494 e. The number of hydrogen-bond donors (Lipinski definition) is 1. The first kappa shape index (κ1) is 14.5. The molecule has 0 aliphatic carbocycles. The van der Waals surface area contributed by atoms with Crippen molar-refractivity contribution in [3.8, 4) is 5.75 Å². The van der Waals surface area contributed by atoms with Crippen molar-refractivity contribution in [2.24, 2.45) is 0 Å². The standard InChI is InChI=1S/C16H16F2O2/c1-3-20-12-6-4-11(5-7-12)16(19)13-9-14(17)10(2)8-15(13)18/h4-9,16,19H,3H2,1-2H3. The van der Waals surface area contributed by atoms with Crippen molar-refractivity contribution in [2.75, 3.05) is 6.61 Å². The number of aliphatic hydroxyl groups excluding tert-OH is 1. The van der Waals surface area contributed by atoms with Gasteiger partial charge in [-0.2, -0.15) is 0 Å². The molecule has 0 fully saturated rings. The van der Waals surface area contributed by atoms with Crippen LogP contribution in [0.5, 0.6) is 5.75 Å². The van der Waals surface area contributed by atoms with Crippen LogP contribution >= 0.6 is 0 Å². The molecule has 0 radical (unpaired) electrons. The highest BCUT2D eigenvalue weighted by atomic mass is 19.1. The molecule has 2 aromatic rings. The van der Waals surface area contributed by atoms with E-state index < -0.39 is 17.7 Å². The van der Waals surface area contributed by atoms with Crippen LogP contribution in [0.2, 0.25) is 0 Å². The molecule has 1 atom stereocenters. The second kappa shape index (κ2) is 6.01. The maximum Gasteiger partial charge on any atom is 0.129 e. The molecule has 0 aliphatic heterocycles. The van der Waals surface area contributed by atoms with Crippen LogP contribution in [-0.2, 0) is 0 Å². The fourth-order valence-corrected chi connectivity index (χ4v) is 1.96. The summed E-state index contributed by atoms with van der Waals surface area (Å²) in [5.74, 6) is -0.490. The molecular weight excluding hydrogens is 262 g/mol. The van der Waals surface area contributed by atoms with Gasteiger partial charge in [-0.25, -0.2) is 8.78 Å². The number of ether oxygens (including phenoxy) is 1. The largest absolute Gasteiger partial charge is 0.494 e. The number of aryl methyl sites for hydroxylation is 1. The third-order valence-electron chi connectivity index (χ3n) is 3.08. The van der Waals surface area contributed by atoms with E-state index >= 15 is 0 Å². The van der Waals surface area contributed by atoms with Crippen LogP contribution in [0.15, 0.2) is 36.4 Å². The fraction of sp³-hybridized carbons (Fsp3) is 0.250. The molecule has 1 unspecified atom stereocenters. The molecule has 1 N–H and O–H groups in total. The summed E-state index contributed by atoms with van der Waals surface area (Å²) in [7, 11) is 0. The van der Waals surface area contributed by atoms with Gasteiger partial charge in [-0.05, 0) is 49.2 Å². The average Bonchev–Trinajstić information content (AvgIpc) is 2.43. The maximum atomic E-state index is 13.8. The first-order valence-corrected chi connectivity index (χ1v) is 6.39. The van der Waals surface area contributed by atoms with Crippen LogP contribution in [0, 0.1) is 18.6 Å². The van der Waals surface area contributed by atoms with Gasteiger partial charge in [-0.1, -0.05) is 12.1 Å². The van der Waals surface area contributed by atoms with Gasteiger partial charge in [0.15, 0.2) is 0 Å². The lowest BCUT2D eigenvalue weighted by atomic mass is 9.99. The molecule has 2 nitrogen and oxygen atoms in total. The number of halogens is 2. The van der Waals surface area contributed by atoms with E-state index in [1.54, 1.807) is 24.3 Å². The van der Waals surface area contributed by atoms with Crippen LogP contribution < -0.4 is 4.74 Å². The molecule has 106 valence electrons. The summed E-state index contributed by atoms with van der Waals surface area (Å²) in [4.78, 5) is 0. The van der Waals surface area contributed by atoms with E-state index in [4.69, 9.17) is 4.74 Å². The SMILES string of the molecule is CCOc1ccc(C(O)c2cc(F)c(C)cc2F)cc1. The lowest BCUT2D eigenvalue weighted by Gasteiger charge is -2.14. The van der Waals surface area contributed by atoms with E-state index in [1.165, 1.54) is 6.92 Å². The highest BCUT2D eigenvalue weighted by Gasteiger charge is 2.17. The Morgan fingerprint density at radius 3 is 2.35 bits per heavy atom. The van der Waals surface area contributed by atoms with E-state index in [0.717, 1.165) is 12.1 Å². The van der Waals surface area contributed by atoms with Crippen LogP contribution in [0.1, 0.15) is 29.7 Å². The van der Waals surface area contributed by atoms with Gasteiger partial charge in [0.2, 0.25) is 0 Å². The number of hydrogen-bond acceptors (Lipinski definition) is 2. The zero-order valence-electron chi connectivity index (χ0n) is 11.4. The summed E-state index contributed by atoms with van der Waals surface area (Å²) in [5.41, 5.74) is 0.623. The molecule has 0 aromatic heterocycles. The van der Waals surface area contributed by atoms with Gasteiger partial charge in [0.25, 0.3) is 0 Å². The molecule has 0 amide bonds. The average molecular weight is 278 g/mol. The smallest absolute Gasteiger partial charge is 0.129 e. The zero-order valence-corrected chi connectivity index (χ0v) is 11.4. The monoisotopic (exact) mass is 278 g/mol. The van der Waals surface area contributed by atoms with Gasteiger partial charge in [-0.3, -0.25) is 0 Å². The Labute approximate surface area is 116 Å². The Hall–Kier alpha value is -1.94. The Balaban J connectivity index is 2.31. The van der Waals surface area contributed by atoms with Gasteiger partial charge in [0.05, 0.1) is 6.61 Å². The predicted molar refractivity (Wildman–Crippen MR) is 72.8 cm³/mol. The highest BCUT2D eigenvalue weighted by Crippen LogP contribution is 2.27. The Morgan fingerprint density at radius 1 is 1.10 bits per heavy atom. The van der Waals surface area contributed by atoms with Crippen LogP contribution in [0.25, 0.3) is 0 Å². The lowest BCUT2D eigenvalue weighted by molar-refractivity contribution is 0.214. The molecule has 20 heavy (non-hydrogen) atoms. The second-order valence-corrected chi connectivity index (χ2v) is 4.53. The van der Waals surface area contributed by atoms with Gasteiger partial charge in [0, 0.05) is 5.56 Å². The highest BCUT2D eigenvalue weighted by molar-refractivity contribution is 5.36. The summed E-state index contributed by atoms with van der Waals surface area (Å²) in [6.45, 7) is 3.89. The van der Waals surface area contributed by atoms with Crippen molar-refractivity contribution in [3.05, 3.63) is 64.7 Å². The first-order chi connectivity index (χ1) is 9.52. The lowest BCUT2D eigenvalue weighted by Crippen LogP contribution is -2.04. The number of aliphatic hydroxyl groups is 1. The van der Waals surface area contributed by atoms with E-state index in [2.05, 4.69) is 0 Å². The van der Waals surface area contributed by atoms with E-state index in [-0.39, 0.29) is 11.1 Å². The van der Waals surface area contributed by atoms with Crippen molar-refractivity contribution in [3.63, 3.8) is 0 Å². The van der Waals surface area contributed by atoms with Crippen molar-refractivity contribution in [2.45, 2.75) is 20.0 Å². The third-order valence-corrected chi connectivity index (χ3v) is 3.08. The van der Waals surface area contributed by atoms with Crippen molar-refractivity contribution >= 4 is 0 Å². The van der Waals surface area contributed by atoms with Gasteiger partial charge in [-0.15, -0.1) is 0 Å². The molecule has 4 heteroatoms. The van der Waals surface area contributed by atoms with E-state index in [1.807, 2.05) is 6.92 Å². The molecule has 2 aromatic carbocycles. The molecule has 0 heterocycles. The molecule has 0 spiro atoms. The Morgan fingerprint density at radius 2 is 1.75 bits per heavy atom. The van der Waals surface area contributed by atoms with Crippen molar-refractivity contribution < 1.29 is 18.6 Å². The molecule has 0 saturated carbocycles. The topological polar surface area (TPSA) is 29.5 Å². The zero-order chi connectivity index (χ0) is 14.7. The summed E-state index contributed by atoms with van der Waals surface area (Å²) in [6.07, 6.45) is -1.21. The summed E-state index contributed by atoms with van der Waals surface area (Å²) in [5, 5.41) is 10.2. The summed E-state index contributed by atoms with van der Waals surface area (Å²) >= 11 is 0. The number of rotatable bonds is 4. The van der Waals surface area contributed by atoms with E-state index in [9.17, 15) is 13.9 Å². The molecule has 0 aliphatic rings. The first-order valence-electron chi connectivity index (χ1n) is 6.39. The minimum atomic E-state index is -1.21. The van der Waals surface area contributed by atoms with Crippen LogP contribution in [0.4, 0.5) is 8.78 Å². The van der Waals surface area contributed by atoms with Crippen molar-refractivity contribution in [1.82, 2.24) is 0 Å². The quantitative estimate of drug-likeness (QED) is 0.923. The van der Waals surface area contributed by atoms with Crippen LogP contribution in [-0.4, -0.2) is 11.7 Å². The van der Waals surface area contributed by atoms with Gasteiger partial charge in [0.1, 0.15) is 23.5 Å². The Kier molecular flexibility index (Phi) is 4.35. The maximum absolute atomic E-state index is 13.8.